The Kier molecular flexibility index (Phi) is 4.65. The van der Waals surface area contributed by atoms with Crippen molar-refractivity contribution in [3.8, 4) is 0 Å². The summed E-state index contributed by atoms with van der Waals surface area (Å²) in [7, 11) is 0. The summed E-state index contributed by atoms with van der Waals surface area (Å²) in [6.45, 7) is 6.72. The fourth-order valence-electron chi connectivity index (χ4n) is 3.66. The molecule has 8 nitrogen and oxygen atoms in total. The number of carbonyl (C=O) groups excluding carboxylic acids is 1. The van der Waals surface area contributed by atoms with Crippen LogP contribution in [0.15, 0.2) is 34.2 Å². The lowest BCUT2D eigenvalue weighted by molar-refractivity contribution is -0.115. The number of rotatable bonds is 5. The summed E-state index contributed by atoms with van der Waals surface area (Å²) >= 11 is 0. The van der Waals surface area contributed by atoms with E-state index in [1.807, 2.05) is 26.0 Å². The van der Waals surface area contributed by atoms with Crippen molar-refractivity contribution in [2.75, 3.05) is 13.1 Å². The van der Waals surface area contributed by atoms with Gasteiger partial charge in [0, 0.05) is 57.0 Å². The third kappa shape index (κ3) is 3.71. The van der Waals surface area contributed by atoms with Crippen molar-refractivity contribution in [2.45, 2.75) is 45.4 Å². The molecule has 1 unspecified atom stereocenters. The van der Waals surface area contributed by atoms with Gasteiger partial charge in [-0.05, 0) is 25.5 Å². The van der Waals surface area contributed by atoms with E-state index >= 15 is 0 Å². The summed E-state index contributed by atoms with van der Waals surface area (Å²) in [6.07, 6.45) is 4.82. The molecule has 2 aliphatic heterocycles. The summed E-state index contributed by atoms with van der Waals surface area (Å²) in [5, 5.41) is 11.0. The average Bonchev–Trinajstić information content (AvgIpc) is 3.37. The third-order valence-electron chi connectivity index (χ3n) is 5.24. The van der Waals surface area contributed by atoms with Gasteiger partial charge < -0.3 is 14.7 Å². The van der Waals surface area contributed by atoms with Crippen LogP contribution in [0.5, 0.6) is 0 Å². The summed E-state index contributed by atoms with van der Waals surface area (Å²) in [4.78, 5) is 24.5. The quantitative estimate of drug-likeness (QED) is 0.863. The molecule has 142 valence electrons. The van der Waals surface area contributed by atoms with Crippen LogP contribution in [0.25, 0.3) is 0 Å². The summed E-state index contributed by atoms with van der Waals surface area (Å²) < 4.78 is 5.25. The topological polar surface area (TPSA) is 92.9 Å². The van der Waals surface area contributed by atoms with Gasteiger partial charge in [0.25, 0.3) is 5.91 Å². The van der Waals surface area contributed by atoms with Crippen LogP contribution in [-0.2, 0) is 22.7 Å². The van der Waals surface area contributed by atoms with Crippen LogP contribution in [0, 0.1) is 13.8 Å². The molecule has 2 aromatic heterocycles. The predicted molar refractivity (Wildman–Crippen MR) is 97.8 cm³/mol. The number of aromatic nitrogens is 2. The van der Waals surface area contributed by atoms with E-state index in [0.717, 1.165) is 48.6 Å². The van der Waals surface area contributed by atoms with Crippen LogP contribution in [0.1, 0.15) is 35.4 Å². The van der Waals surface area contributed by atoms with Gasteiger partial charge in [0.2, 0.25) is 0 Å². The predicted octanol–water partition coefficient (Wildman–Crippen LogP) is 1.72. The number of hydrogen-bond donors (Lipinski definition) is 1. The van der Waals surface area contributed by atoms with Gasteiger partial charge >= 0.3 is 0 Å². The van der Waals surface area contributed by atoms with E-state index in [0.29, 0.717) is 18.7 Å². The van der Waals surface area contributed by atoms with Crippen LogP contribution >= 0.6 is 0 Å². The van der Waals surface area contributed by atoms with Crippen LogP contribution in [0.4, 0.5) is 0 Å². The number of oxime groups is 1. The van der Waals surface area contributed by atoms with E-state index in [1.165, 1.54) is 0 Å². The Bertz CT molecular complexity index is 844. The van der Waals surface area contributed by atoms with Crippen molar-refractivity contribution in [3.05, 3.63) is 47.1 Å². The highest BCUT2D eigenvalue weighted by molar-refractivity contribution is 6.39. The molecule has 1 fully saturated rings. The summed E-state index contributed by atoms with van der Waals surface area (Å²) in [5.41, 5.74) is 3.05. The zero-order chi connectivity index (χ0) is 18.9. The van der Waals surface area contributed by atoms with E-state index in [2.05, 4.69) is 25.5 Å². The van der Waals surface area contributed by atoms with Crippen LogP contribution < -0.4 is 5.32 Å². The molecule has 27 heavy (non-hydrogen) atoms. The fraction of sp³-hybridized carbons (Fsp3) is 0.474. The Morgan fingerprint density at radius 2 is 2.30 bits per heavy atom. The SMILES string of the molecule is Cc1noc(C)c1CN1CCC2(CC(C(=O)NCc3cccnc3)=NO2)C1. The molecule has 4 heterocycles. The number of amides is 1. The number of nitrogens with one attached hydrogen (secondary N) is 1. The number of hydrogen-bond acceptors (Lipinski definition) is 7. The third-order valence-corrected chi connectivity index (χ3v) is 5.24. The minimum absolute atomic E-state index is 0.181. The first-order chi connectivity index (χ1) is 13.0. The molecule has 8 heteroatoms. The minimum atomic E-state index is -0.403. The zero-order valence-corrected chi connectivity index (χ0v) is 15.6. The van der Waals surface area contributed by atoms with Gasteiger partial charge in [0.1, 0.15) is 11.5 Å². The lowest BCUT2D eigenvalue weighted by Gasteiger charge is -2.21. The molecule has 0 aliphatic carbocycles. The molecule has 0 radical (unpaired) electrons. The molecule has 1 atom stereocenters. The molecule has 0 bridgehead atoms. The van der Waals surface area contributed by atoms with Crippen LogP contribution in [-0.4, -0.2) is 45.3 Å². The van der Waals surface area contributed by atoms with Crippen molar-refractivity contribution in [1.29, 1.82) is 0 Å². The molecule has 1 spiro atoms. The molecular weight excluding hydrogens is 346 g/mol. The van der Waals surface area contributed by atoms with Crippen molar-refractivity contribution in [1.82, 2.24) is 20.4 Å². The molecular formula is C19H23N5O3. The van der Waals surface area contributed by atoms with Crippen molar-refractivity contribution >= 4 is 11.6 Å². The Hall–Kier alpha value is -2.74. The van der Waals surface area contributed by atoms with Gasteiger partial charge in [-0.3, -0.25) is 14.7 Å². The van der Waals surface area contributed by atoms with Crippen molar-refractivity contribution in [3.63, 3.8) is 0 Å². The Morgan fingerprint density at radius 3 is 3.04 bits per heavy atom. The molecule has 2 aromatic rings. The summed E-state index contributed by atoms with van der Waals surface area (Å²) in [5.74, 6) is 0.674. The maximum atomic E-state index is 12.4. The van der Waals surface area contributed by atoms with Crippen LogP contribution in [0.3, 0.4) is 0 Å². The molecule has 0 aromatic carbocycles. The molecule has 0 saturated carbocycles. The molecule has 1 N–H and O–H groups in total. The van der Waals surface area contributed by atoms with Crippen LogP contribution in [0.2, 0.25) is 0 Å². The summed E-state index contributed by atoms with van der Waals surface area (Å²) in [6, 6.07) is 3.77. The number of nitrogens with zero attached hydrogens (tertiary/aromatic N) is 4. The Morgan fingerprint density at radius 1 is 1.41 bits per heavy atom. The normalized spacial score (nSPS) is 22.1. The standard InChI is InChI=1S/C19H23N5O3/c1-13-16(14(2)26-22-13)11-24-7-5-19(12-24)8-17(23-27-19)18(25)21-10-15-4-3-6-20-9-15/h3-4,6,9H,5,7-8,10-12H2,1-2H3,(H,21,25). The maximum absolute atomic E-state index is 12.4. The van der Waals surface area contributed by atoms with E-state index in [4.69, 9.17) is 9.36 Å². The lowest BCUT2D eigenvalue weighted by Crippen LogP contribution is -2.36. The highest BCUT2D eigenvalue weighted by Crippen LogP contribution is 2.35. The first-order valence-electron chi connectivity index (χ1n) is 9.11. The van der Waals surface area contributed by atoms with E-state index in [-0.39, 0.29) is 5.91 Å². The highest BCUT2D eigenvalue weighted by Gasteiger charge is 2.46. The molecule has 2 aliphatic rings. The van der Waals surface area contributed by atoms with Crippen molar-refractivity contribution in [2.24, 2.45) is 5.16 Å². The smallest absolute Gasteiger partial charge is 0.269 e. The van der Waals surface area contributed by atoms with Gasteiger partial charge in [-0.25, -0.2) is 0 Å². The second-order valence-electron chi connectivity index (χ2n) is 7.30. The number of carbonyl (C=O) groups is 1. The number of likely N-dealkylation sites (tertiary alicyclic amines) is 1. The minimum Gasteiger partial charge on any atom is -0.387 e. The van der Waals surface area contributed by atoms with Gasteiger partial charge in [-0.2, -0.15) is 0 Å². The Balaban J connectivity index is 1.31. The average molecular weight is 369 g/mol. The van der Waals surface area contributed by atoms with Gasteiger partial charge in [-0.15, -0.1) is 0 Å². The first kappa shape index (κ1) is 17.7. The first-order valence-corrected chi connectivity index (χ1v) is 9.11. The second-order valence-corrected chi connectivity index (χ2v) is 7.30. The van der Waals surface area contributed by atoms with E-state index in [9.17, 15) is 4.79 Å². The Labute approximate surface area is 157 Å². The molecule has 1 saturated heterocycles. The van der Waals surface area contributed by atoms with E-state index in [1.54, 1.807) is 12.4 Å². The highest BCUT2D eigenvalue weighted by atomic mass is 16.7. The monoisotopic (exact) mass is 369 g/mol. The molecule has 1 amide bonds. The number of aryl methyl sites for hydroxylation is 2. The van der Waals surface area contributed by atoms with E-state index < -0.39 is 5.60 Å². The van der Waals surface area contributed by atoms with Gasteiger partial charge in [0.15, 0.2) is 5.60 Å². The lowest BCUT2D eigenvalue weighted by atomic mass is 9.96. The second kappa shape index (κ2) is 7.11. The largest absolute Gasteiger partial charge is 0.387 e. The fourth-order valence-corrected chi connectivity index (χ4v) is 3.66. The van der Waals surface area contributed by atoms with Gasteiger partial charge in [-0.1, -0.05) is 16.4 Å². The number of pyridine rings is 1. The van der Waals surface area contributed by atoms with Crippen molar-refractivity contribution < 1.29 is 14.2 Å². The maximum Gasteiger partial charge on any atom is 0.269 e. The zero-order valence-electron chi connectivity index (χ0n) is 15.6. The molecule has 4 rings (SSSR count). The van der Waals surface area contributed by atoms with Gasteiger partial charge in [0.05, 0.1) is 5.69 Å².